The summed E-state index contributed by atoms with van der Waals surface area (Å²) in [5.74, 6) is 1.29. The molecule has 2 atom stereocenters. The van der Waals surface area contributed by atoms with Crippen LogP contribution in [0.15, 0.2) is 22.6 Å². The Balaban J connectivity index is 1.71. The van der Waals surface area contributed by atoms with Gasteiger partial charge in [-0.1, -0.05) is 11.6 Å². The summed E-state index contributed by atoms with van der Waals surface area (Å²) in [6.45, 7) is 2.29. The molecule has 3 aromatic rings. The van der Waals surface area contributed by atoms with Crippen LogP contribution < -0.4 is 15.5 Å². The zero-order chi connectivity index (χ0) is 16.3. The molecule has 0 aliphatic carbocycles. The monoisotopic (exact) mass is 345 g/mol. The number of aliphatic hydroxyl groups is 1. The Morgan fingerprint density at radius 3 is 3.04 bits per heavy atom. The molecule has 0 radical (unpaired) electrons. The number of hydrogen-bond acceptors (Lipinski definition) is 7. The number of hydrogen-bond donors (Lipinski definition) is 3. The molecule has 24 heavy (non-hydrogen) atoms. The number of aliphatic hydroxyl groups excluding tert-OH is 1. The standard InChI is InChI=1S/C16H16ClN5O2/c17-8-1-2-12-9(5-8)13-14(24-12)15(21-16(20-13)18-3-4-23)22-7-10-11(22)6-19-10/h1-2,5,10-11,19,23H,3-4,6-7H2,(H,18,20,21)/t10?,11-/m1/s1. The summed E-state index contributed by atoms with van der Waals surface area (Å²) in [5, 5.41) is 17.0. The summed E-state index contributed by atoms with van der Waals surface area (Å²) in [4.78, 5) is 11.5. The lowest BCUT2D eigenvalue weighted by molar-refractivity contribution is 0.212. The zero-order valence-corrected chi connectivity index (χ0v) is 13.5. The highest BCUT2D eigenvalue weighted by Gasteiger charge is 2.47. The summed E-state index contributed by atoms with van der Waals surface area (Å²) in [7, 11) is 0. The number of furan rings is 1. The molecule has 4 heterocycles. The maximum atomic E-state index is 9.06. The van der Waals surface area contributed by atoms with Gasteiger partial charge in [0, 0.05) is 36.1 Å². The maximum Gasteiger partial charge on any atom is 0.225 e. The molecule has 0 saturated carbocycles. The van der Waals surface area contributed by atoms with E-state index in [1.165, 1.54) is 0 Å². The number of fused-ring (bicyclic) bond motifs is 4. The second kappa shape index (κ2) is 5.20. The molecule has 2 fully saturated rings. The second-order valence-electron chi connectivity index (χ2n) is 6.18. The molecule has 1 unspecified atom stereocenters. The van der Waals surface area contributed by atoms with Gasteiger partial charge in [-0.2, -0.15) is 4.98 Å². The van der Waals surface area contributed by atoms with Crippen molar-refractivity contribution in [2.45, 2.75) is 12.1 Å². The molecule has 2 saturated heterocycles. The van der Waals surface area contributed by atoms with E-state index in [0.29, 0.717) is 35.2 Å². The number of aromatic nitrogens is 2. The van der Waals surface area contributed by atoms with E-state index in [1.807, 2.05) is 12.1 Å². The molecule has 1 aromatic carbocycles. The van der Waals surface area contributed by atoms with E-state index in [2.05, 4.69) is 25.5 Å². The highest BCUT2D eigenvalue weighted by molar-refractivity contribution is 6.31. The highest BCUT2D eigenvalue weighted by Crippen LogP contribution is 2.39. The molecule has 8 heteroatoms. The lowest BCUT2D eigenvalue weighted by Crippen LogP contribution is -2.78. The highest BCUT2D eigenvalue weighted by atomic mass is 35.5. The average Bonchev–Trinajstić information content (AvgIpc) is 2.93. The molecule has 0 bridgehead atoms. The van der Waals surface area contributed by atoms with E-state index >= 15 is 0 Å². The molecule has 7 nitrogen and oxygen atoms in total. The van der Waals surface area contributed by atoms with Crippen LogP contribution in [0.2, 0.25) is 5.02 Å². The molecule has 0 spiro atoms. The van der Waals surface area contributed by atoms with Crippen molar-refractivity contribution in [1.82, 2.24) is 15.3 Å². The molecule has 5 rings (SSSR count). The first-order chi connectivity index (χ1) is 11.7. The Bertz CT molecular complexity index is 943. The number of rotatable bonds is 4. The fourth-order valence-electron chi connectivity index (χ4n) is 3.40. The Morgan fingerprint density at radius 1 is 1.42 bits per heavy atom. The van der Waals surface area contributed by atoms with Crippen LogP contribution >= 0.6 is 11.6 Å². The van der Waals surface area contributed by atoms with Gasteiger partial charge in [0.05, 0.1) is 12.6 Å². The smallest absolute Gasteiger partial charge is 0.225 e. The molecule has 0 amide bonds. The third-order valence-electron chi connectivity index (χ3n) is 4.77. The Kier molecular flexibility index (Phi) is 3.09. The van der Waals surface area contributed by atoms with Crippen molar-refractivity contribution in [2.75, 3.05) is 36.5 Å². The van der Waals surface area contributed by atoms with Crippen LogP contribution in [0.5, 0.6) is 0 Å². The van der Waals surface area contributed by atoms with Crippen molar-refractivity contribution in [3.63, 3.8) is 0 Å². The minimum Gasteiger partial charge on any atom is -0.450 e. The quantitative estimate of drug-likeness (QED) is 0.662. The maximum absolute atomic E-state index is 9.06. The molecule has 124 valence electrons. The van der Waals surface area contributed by atoms with Gasteiger partial charge in [-0.15, -0.1) is 0 Å². The van der Waals surface area contributed by atoms with Gasteiger partial charge in [-0.3, -0.25) is 0 Å². The molecule has 2 aliphatic rings. The van der Waals surface area contributed by atoms with Crippen molar-refractivity contribution >= 4 is 45.4 Å². The summed E-state index contributed by atoms with van der Waals surface area (Å²) in [5.41, 5.74) is 2.17. The van der Waals surface area contributed by atoms with E-state index in [1.54, 1.807) is 6.07 Å². The number of halogens is 1. The molecule has 3 N–H and O–H groups in total. The Hall–Kier alpha value is -2.09. The minimum atomic E-state index is 0.0209. The normalized spacial score (nSPS) is 22.3. The summed E-state index contributed by atoms with van der Waals surface area (Å²) in [6.07, 6.45) is 0. The minimum absolute atomic E-state index is 0.0209. The lowest BCUT2D eigenvalue weighted by Gasteiger charge is -2.56. The van der Waals surface area contributed by atoms with Gasteiger partial charge in [0.25, 0.3) is 0 Å². The van der Waals surface area contributed by atoms with Gasteiger partial charge in [-0.05, 0) is 18.2 Å². The molecule has 2 aliphatic heterocycles. The predicted molar refractivity (Wildman–Crippen MR) is 92.8 cm³/mol. The van der Waals surface area contributed by atoms with Crippen molar-refractivity contribution in [2.24, 2.45) is 0 Å². The number of piperazine rings is 1. The van der Waals surface area contributed by atoms with Crippen LogP contribution in [0.3, 0.4) is 0 Å². The third kappa shape index (κ3) is 1.98. The van der Waals surface area contributed by atoms with Crippen LogP contribution in [0.25, 0.3) is 22.1 Å². The van der Waals surface area contributed by atoms with E-state index in [9.17, 15) is 0 Å². The Labute approximate surface area is 142 Å². The van der Waals surface area contributed by atoms with Crippen LogP contribution in [0.4, 0.5) is 11.8 Å². The van der Waals surface area contributed by atoms with Gasteiger partial charge < -0.3 is 25.1 Å². The first-order valence-corrected chi connectivity index (χ1v) is 8.37. The van der Waals surface area contributed by atoms with Crippen molar-refractivity contribution in [3.8, 4) is 0 Å². The van der Waals surface area contributed by atoms with Gasteiger partial charge in [0.15, 0.2) is 11.4 Å². The fraction of sp³-hybridized carbons (Fsp3) is 0.375. The lowest BCUT2D eigenvalue weighted by atomic mass is 9.89. The van der Waals surface area contributed by atoms with Gasteiger partial charge in [0.1, 0.15) is 11.1 Å². The summed E-state index contributed by atoms with van der Waals surface area (Å²) < 4.78 is 6.04. The van der Waals surface area contributed by atoms with Crippen molar-refractivity contribution in [1.29, 1.82) is 0 Å². The van der Waals surface area contributed by atoms with Crippen molar-refractivity contribution < 1.29 is 9.52 Å². The van der Waals surface area contributed by atoms with E-state index < -0.39 is 0 Å². The topological polar surface area (TPSA) is 86.5 Å². The van der Waals surface area contributed by atoms with Gasteiger partial charge >= 0.3 is 0 Å². The second-order valence-corrected chi connectivity index (χ2v) is 6.61. The van der Waals surface area contributed by atoms with Gasteiger partial charge in [-0.25, -0.2) is 4.98 Å². The first kappa shape index (κ1) is 14.3. The number of nitrogens with one attached hydrogen (secondary N) is 2. The SMILES string of the molecule is OCCNc1nc(N2CC3NC[C@H]32)c2oc3ccc(Cl)cc3c2n1. The first-order valence-electron chi connectivity index (χ1n) is 7.99. The van der Waals surface area contributed by atoms with E-state index in [4.69, 9.17) is 21.1 Å². The Morgan fingerprint density at radius 2 is 2.33 bits per heavy atom. The third-order valence-corrected chi connectivity index (χ3v) is 5.01. The predicted octanol–water partition coefficient (Wildman–Crippen LogP) is 1.59. The van der Waals surface area contributed by atoms with E-state index in [-0.39, 0.29) is 6.61 Å². The van der Waals surface area contributed by atoms with Gasteiger partial charge in [0.2, 0.25) is 5.95 Å². The van der Waals surface area contributed by atoms with Crippen LogP contribution in [-0.4, -0.2) is 53.4 Å². The number of nitrogens with zero attached hydrogens (tertiary/aromatic N) is 3. The van der Waals surface area contributed by atoms with Crippen LogP contribution in [-0.2, 0) is 0 Å². The fourth-order valence-corrected chi connectivity index (χ4v) is 3.57. The molecular weight excluding hydrogens is 330 g/mol. The molecular formula is C16H16ClN5O2. The van der Waals surface area contributed by atoms with Crippen LogP contribution in [0.1, 0.15) is 0 Å². The zero-order valence-electron chi connectivity index (χ0n) is 12.8. The summed E-state index contributed by atoms with van der Waals surface area (Å²) >= 11 is 6.14. The van der Waals surface area contributed by atoms with Crippen molar-refractivity contribution in [3.05, 3.63) is 23.2 Å². The van der Waals surface area contributed by atoms with Crippen LogP contribution in [0, 0.1) is 0 Å². The average molecular weight is 346 g/mol. The number of anilines is 2. The summed E-state index contributed by atoms with van der Waals surface area (Å²) in [6, 6.07) is 6.53. The number of benzene rings is 1. The van der Waals surface area contributed by atoms with E-state index in [0.717, 1.165) is 35.4 Å². The molecule has 2 aromatic heterocycles. The largest absolute Gasteiger partial charge is 0.450 e.